The van der Waals surface area contributed by atoms with Crippen molar-refractivity contribution in [2.24, 2.45) is 17.3 Å². The quantitative estimate of drug-likeness (QED) is 0.222. The first-order valence-corrected chi connectivity index (χ1v) is 18.7. The molecule has 276 valence electrons. The van der Waals surface area contributed by atoms with Gasteiger partial charge in [-0.15, -0.1) is 0 Å². The van der Waals surface area contributed by atoms with Crippen molar-refractivity contribution in [2.45, 2.75) is 122 Å². The molecule has 1 N–H and O–H groups in total. The largest absolute Gasteiger partial charge is 0.461 e. The molecule has 2 heterocycles. The average Bonchev–Trinajstić information content (AvgIpc) is 3.71. The minimum absolute atomic E-state index is 0.0165. The zero-order valence-corrected chi connectivity index (χ0v) is 31.1. The van der Waals surface area contributed by atoms with Crippen LogP contribution in [0.2, 0.25) is 5.82 Å². The lowest BCUT2D eigenvalue weighted by Gasteiger charge is -2.64. The number of carbonyl (C=O) groups is 3. The van der Waals surface area contributed by atoms with Gasteiger partial charge in [-0.2, -0.15) is 0 Å². The average molecular weight is 703 g/mol. The molecule has 7 rings (SSSR count). The molecular formula is C40H55BN2O8. The maximum atomic E-state index is 14.3. The van der Waals surface area contributed by atoms with E-state index in [1.807, 2.05) is 69.3 Å². The lowest BCUT2D eigenvalue weighted by molar-refractivity contribution is -0.199. The van der Waals surface area contributed by atoms with Gasteiger partial charge in [-0.25, -0.2) is 9.59 Å². The Morgan fingerprint density at radius 1 is 1.00 bits per heavy atom. The molecule has 11 heteroatoms. The molecule has 10 nitrogen and oxygen atoms in total. The molecule has 2 bridgehead atoms. The van der Waals surface area contributed by atoms with Crippen LogP contribution in [0.5, 0.6) is 0 Å². The van der Waals surface area contributed by atoms with Crippen molar-refractivity contribution in [2.75, 3.05) is 19.8 Å². The number of ketones is 1. The molecule has 2 saturated heterocycles. The predicted octanol–water partition coefficient (Wildman–Crippen LogP) is 7.00. The van der Waals surface area contributed by atoms with Crippen molar-refractivity contribution in [1.29, 1.82) is 0 Å². The molecule has 0 radical (unpaired) electrons. The zero-order valence-electron chi connectivity index (χ0n) is 31.1. The summed E-state index contributed by atoms with van der Waals surface area (Å²) in [5.41, 5.74) is 1.09. The SMILES string of the molecule is CC(C)(C)OC(=O)N1CCC[C@@H]1COC[C@H](NC(=O)OCc1ccccc1)C(=O)C[C@@H](Cc1ccccc1)B1O[C@@H]2C[C@H]3C[C@@H](C3(C)C)[C@]2(C)O1. The summed E-state index contributed by atoms with van der Waals surface area (Å²) in [6.07, 6.45) is 3.28. The number of carbonyl (C=O) groups excluding carboxylic acids is 3. The van der Waals surface area contributed by atoms with Crippen LogP contribution in [0.4, 0.5) is 9.59 Å². The van der Waals surface area contributed by atoms with Gasteiger partial charge in [-0.3, -0.25) is 4.79 Å². The molecule has 2 amide bonds. The van der Waals surface area contributed by atoms with E-state index in [4.69, 9.17) is 23.5 Å². The first kappa shape index (κ1) is 37.4. The van der Waals surface area contributed by atoms with E-state index in [9.17, 15) is 14.4 Å². The van der Waals surface area contributed by atoms with Gasteiger partial charge in [0.2, 0.25) is 0 Å². The zero-order chi connectivity index (χ0) is 36.4. The lowest BCUT2D eigenvalue weighted by atomic mass is 9.43. The van der Waals surface area contributed by atoms with E-state index in [0.29, 0.717) is 24.8 Å². The van der Waals surface area contributed by atoms with Crippen molar-refractivity contribution in [1.82, 2.24) is 10.2 Å². The Hall–Kier alpha value is -3.41. The highest BCUT2D eigenvalue weighted by molar-refractivity contribution is 6.48. The summed E-state index contributed by atoms with van der Waals surface area (Å²) in [5.74, 6) is 0.519. The minimum atomic E-state index is -0.978. The van der Waals surface area contributed by atoms with E-state index in [2.05, 4.69) is 38.2 Å². The van der Waals surface area contributed by atoms with E-state index in [0.717, 1.165) is 36.8 Å². The van der Waals surface area contributed by atoms with Gasteiger partial charge in [0.1, 0.15) is 18.2 Å². The summed E-state index contributed by atoms with van der Waals surface area (Å²) in [7, 11) is -0.563. The molecular weight excluding hydrogens is 647 g/mol. The molecule has 51 heavy (non-hydrogen) atoms. The third-order valence-electron chi connectivity index (χ3n) is 11.7. The number of nitrogens with one attached hydrogen (secondary N) is 1. The second-order valence-electron chi connectivity index (χ2n) is 16.7. The van der Waals surface area contributed by atoms with Crippen LogP contribution >= 0.6 is 0 Å². The second kappa shape index (κ2) is 15.3. The molecule has 2 aromatic rings. The fraction of sp³-hybridized carbons (Fsp3) is 0.625. The number of benzene rings is 2. The Balaban J connectivity index is 1.15. The Morgan fingerprint density at radius 2 is 1.69 bits per heavy atom. The summed E-state index contributed by atoms with van der Waals surface area (Å²) in [4.78, 5) is 42.0. The number of Topliss-reactive ketones (excluding diaryl/α,β-unsaturated/α-hetero) is 1. The lowest BCUT2D eigenvalue weighted by Crippen LogP contribution is -2.65. The van der Waals surface area contributed by atoms with Gasteiger partial charge in [0.05, 0.1) is 31.0 Å². The summed E-state index contributed by atoms with van der Waals surface area (Å²) in [5, 5.41) is 2.80. The molecule has 2 aromatic carbocycles. The highest BCUT2D eigenvalue weighted by Crippen LogP contribution is 2.66. The molecule has 3 saturated carbocycles. The first-order valence-electron chi connectivity index (χ1n) is 18.7. The van der Waals surface area contributed by atoms with Crippen LogP contribution in [0, 0.1) is 17.3 Å². The summed E-state index contributed by atoms with van der Waals surface area (Å²) < 4.78 is 30.8. The first-order chi connectivity index (χ1) is 24.2. The summed E-state index contributed by atoms with van der Waals surface area (Å²) in [6.45, 7) is 13.2. The van der Waals surface area contributed by atoms with Gasteiger partial charge < -0.3 is 33.7 Å². The fourth-order valence-corrected chi connectivity index (χ4v) is 8.70. The number of ether oxygens (including phenoxy) is 3. The highest BCUT2D eigenvalue weighted by Gasteiger charge is 2.68. The topological polar surface area (TPSA) is 113 Å². The molecule has 3 aliphatic carbocycles. The Kier molecular flexibility index (Phi) is 11.2. The second-order valence-corrected chi connectivity index (χ2v) is 16.7. The number of nitrogens with zero attached hydrogens (tertiary/aromatic N) is 1. The minimum Gasteiger partial charge on any atom is -0.445 e. The number of rotatable bonds is 13. The number of hydrogen-bond acceptors (Lipinski definition) is 8. The highest BCUT2D eigenvalue weighted by atomic mass is 16.7. The fourth-order valence-electron chi connectivity index (χ4n) is 8.70. The number of amides is 2. The van der Waals surface area contributed by atoms with Crippen molar-refractivity contribution >= 4 is 25.1 Å². The molecule has 0 spiro atoms. The van der Waals surface area contributed by atoms with Crippen LogP contribution in [-0.2, 0) is 41.3 Å². The van der Waals surface area contributed by atoms with Gasteiger partial charge in [0.25, 0.3) is 0 Å². The van der Waals surface area contributed by atoms with Gasteiger partial charge in [-0.05, 0) is 88.2 Å². The molecule has 2 aliphatic heterocycles. The molecule has 7 atom stereocenters. The number of likely N-dealkylation sites (tertiary alicyclic amines) is 1. The van der Waals surface area contributed by atoms with Gasteiger partial charge in [0, 0.05) is 18.8 Å². The summed E-state index contributed by atoms with van der Waals surface area (Å²) >= 11 is 0. The summed E-state index contributed by atoms with van der Waals surface area (Å²) in [6, 6.07) is 18.3. The van der Waals surface area contributed by atoms with Gasteiger partial charge >= 0.3 is 19.3 Å². The van der Waals surface area contributed by atoms with Crippen LogP contribution in [0.15, 0.2) is 60.7 Å². The Morgan fingerprint density at radius 3 is 2.35 bits per heavy atom. The van der Waals surface area contributed by atoms with E-state index < -0.39 is 30.5 Å². The molecule has 0 unspecified atom stereocenters. The standard InChI is InChI=1S/C40H55BN2O8/c1-38(2,3)49-37(46)43-19-13-18-31(43)25-47-26-32(42-36(45)48-24-28-16-11-8-12-17-28)33(44)23-30(20-27-14-9-7-10-15-27)41-50-35-22-29-21-34(39(29,4)5)40(35,6)51-41/h7-12,14-17,29-32,34-35H,13,18-26H2,1-6H3,(H,42,45)/t29-,30-,31-,32+,34+,35-,40+/m1/s1. The number of alkyl carbamates (subject to hydrolysis) is 1. The van der Waals surface area contributed by atoms with Crippen molar-refractivity contribution in [3.8, 4) is 0 Å². The number of hydrogen-bond donors (Lipinski definition) is 1. The van der Waals surface area contributed by atoms with Crippen LogP contribution in [0.25, 0.3) is 0 Å². The van der Waals surface area contributed by atoms with Crippen LogP contribution in [-0.4, -0.2) is 79.1 Å². The van der Waals surface area contributed by atoms with E-state index >= 15 is 0 Å². The maximum absolute atomic E-state index is 14.3. The molecule has 5 aliphatic rings. The van der Waals surface area contributed by atoms with E-state index in [1.165, 1.54) is 0 Å². The van der Waals surface area contributed by atoms with Crippen molar-refractivity contribution in [3.63, 3.8) is 0 Å². The normalized spacial score (nSPS) is 27.6. The third kappa shape index (κ3) is 8.63. The van der Waals surface area contributed by atoms with Crippen LogP contribution in [0.1, 0.15) is 84.8 Å². The van der Waals surface area contributed by atoms with E-state index in [1.54, 1.807) is 4.90 Å². The molecule has 5 fully saturated rings. The molecule has 0 aromatic heterocycles. The van der Waals surface area contributed by atoms with Crippen LogP contribution < -0.4 is 5.32 Å². The van der Waals surface area contributed by atoms with Gasteiger partial charge in [0.15, 0.2) is 5.78 Å². The Bertz CT molecular complexity index is 1520. The monoisotopic (exact) mass is 702 g/mol. The maximum Gasteiger partial charge on any atom is 0.461 e. The van der Waals surface area contributed by atoms with Crippen molar-refractivity contribution < 1.29 is 37.9 Å². The van der Waals surface area contributed by atoms with Crippen LogP contribution in [0.3, 0.4) is 0 Å². The van der Waals surface area contributed by atoms with Crippen molar-refractivity contribution in [3.05, 3.63) is 71.8 Å². The Labute approximate surface area is 303 Å². The smallest absolute Gasteiger partial charge is 0.445 e. The predicted molar refractivity (Wildman–Crippen MR) is 194 cm³/mol. The van der Waals surface area contributed by atoms with E-state index in [-0.39, 0.29) is 61.5 Å². The third-order valence-corrected chi connectivity index (χ3v) is 11.7. The van der Waals surface area contributed by atoms with Gasteiger partial charge in [-0.1, -0.05) is 74.5 Å².